The van der Waals surface area contributed by atoms with E-state index in [0.717, 1.165) is 23.6 Å². The summed E-state index contributed by atoms with van der Waals surface area (Å²) in [5.74, 6) is 0. The van der Waals surface area contributed by atoms with Gasteiger partial charge in [0.15, 0.2) is 0 Å². The Bertz CT molecular complexity index is 297. The summed E-state index contributed by atoms with van der Waals surface area (Å²) < 4.78 is 1.12. The number of rotatable bonds is 5. The third-order valence-electron chi connectivity index (χ3n) is 2.29. The summed E-state index contributed by atoms with van der Waals surface area (Å²) in [5.41, 5.74) is 1.18. The molecule has 2 N–H and O–H groups in total. The largest absolute Gasteiger partial charge is 0.384 e. The minimum atomic E-state index is 0.805. The van der Waals surface area contributed by atoms with Crippen molar-refractivity contribution < 1.29 is 0 Å². The molecule has 0 saturated heterocycles. The second kappa shape index (κ2) is 4.80. The van der Waals surface area contributed by atoms with Gasteiger partial charge in [0.2, 0.25) is 0 Å². The van der Waals surface area contributed by atoms with Crippen molar-refractivity contribution in [1.82, 2.24) is 5.32 Å². The number of anilines is 1. The van der Waals surface area contributed by atoms with Crippen molar-refractivity contribution in [1.29, 1.82) is 0 Å². The zero-order valence-electron chi connectivity index (χ0n) is 8.09. The average Bonchev–Trinajstić information content (AvgIpc) is 2.96. The van der Waals surface area contributed by atoms with Crippen LogP contribution in [-0.2, 0) is 0 Å². The predicted octanol–water partition coefficient (Wildman–Crippen LogP) is 2.61. The van der Waals surface area contributed by atoms with Gasteiger partial charge in [-0.3, -0.25) is 0 Å². The number of nitrogens with one attached hydrogen (secondary N) is 2. The standard InChI is InChI=1S/C11H15BrN2/c12-9-2-1-3-11(8-9)14-7-6-13-10-4-5-10/h1-3,8,10,13-14H,4-7H2. The van der Waals surface area contributed by atoms with E-state index in [-0.39, 0.29) is 0 Å². The molecule has 1 aromatic carbocycles. The van der Waals surface area contributed by atoms with Crippen LogP contribution in [-0.4, -0.2) is 19.1 Å². The van der Waals surface area contributed by atoms with Gasteiger partial charge in [0.1, 0.15) is 0 Å². The first-order valence-corrected chi connectivity index (χ1v) is 5.87. The second-order valence-electron chi connectivity index (χ2n) is 3.67. The third kappa shape index (κ3) is 3.31. The van der Waals surface area contributed by atoms with E-state index in [9.17, 15) is 0 Å². The first-order valence-electron chi connectivity index (χ1n) is 5.07. The summed E-state index contributed by atoms with van der Waals surface area (Å²) in [6.45, 7) is 2.05. The maximum Gasteiger partial charge on any atom is 0.0351 e. The van der Waals surface area contributed by atoms with Crippen molar-refractivity contribution in [2.75, 3.05) is 18.4 Å². The van der Waals surface area contributed by atoms with Crippen LogP contribution >= 0.6 is 15.9 Å². The van der Waals surface area contributed by atoms with Crippen molar-refractivity contribution in [3.8, 4) is 0 Å². The molecule has 0 unspecified atom stereocenters. The van der Waals surface area contributed by atoms with Crippen LogP contribution in [0.3, 0.4) is 0 Å². The van der Waals surface area contributed by atoms with Crippen molar-refractivity contribution in [3.05, 3.63) is 28.7 Å². The van der Waals surface area contributed by atoms with E-state index in [1.165, 1.54) is 18.5 Å². The first kappa shape index (κ1) is 9.99. The molecule has 0 atom stereocenters. The SMILES string of the molecule is Brc1cccc(NCCNC2CC2)c1. The Morgan fingerprint density at radius 3 is 2.86 bits per heavy atom. The van der Waals surface area contributed by atoms with Crippen LogP contribution in [0.2, 0.25) is 0 Å². The zero-order chi connectivity index (χ0) is 9.80. The monoisotopic (exact) mass is 254 g/mol. The van der Waals surface area contributed by atoms with Crippen LogP contribution < -0.4 is 10.6 Å². The van der Waals surface area contributed by atoms with Gasteiger partial charge in [0, 0.05) is 29.3 Å². The molecule has 14 heavy (non-hydrogen) atoms. The van der Waals surface area contributed by atoms with Gasteiger partial charge in [0.25, 0.3) is 0 Å². The fraction of sp³-hybridized carbons (Fsp3) is 0.455. The highest BCUT2D eigenvalue weighted by molar-refractivity contribution is 9.10. The molecule has 1 aromatic rings. The zero-order valence-corrected chi connectivity index (χ0v) is 9.68. The van der Waals surface area contributed by atoms with Crippen LogP contribution in [0.1, 0.15) is 12.8 Å². The third-order valence-corrected chi connectivity index (χ3v) is 2.78. The Morgan fingerprint density at radius 2 is 2.14 bits per heavy atom. The van der Waals surface area contributed by atoms with Crippen molar-refractivity contribution in [2.45, 2.75) is 18.9 Å². The normalized spacial score (nSPS) is 15.5. The molecule has 2 nitrogen and oxygen atoms in total. The lowest BCUT2D eigenvalue weighted by molar-refractivity contribution is 0.701. The molecule has 0 aliphatic heterocycles. The predicted molar refractivity (Wildman–Crippen MR) is 63.7 cm³/mol. The van der Waals surface area contributed by atoms with Crippen molar-refractivity contribution >= 4 is 21.6 Å². The lowest BCUT2D eigenvalue weighted by Crippen LogP contribution is -2.23. The lowest BCUT2D eigenvalue weighted by Gasteiger charge is -2.07. The Balaban J connectivity index is 1.68. The van der Waals surface area contributed by atoms with Crippen LogP contribution in [0.15, 0.2) is 28.7 Å². The van der Waals surface area contributed by atoms with Gasteiger partial charge in [-0.25, -0.2) is 0 Å². The van der Waals surface area contributed by atoms with Crippen molar-refractivity contribution in [2.24, 2.45) is 0 Å². The average molecular weight is 255 g/mol. The molecule has 1 saturated carbocycles. The maximum absolute atomic E-state index is 3.47. The van der Waals surface area contributed by atoms with Gasteiger partial charge in [0.05, 0.1) is 0 Å². The second-order valence-corrected chi connectivity index (χ2v) is 4.58. The van der Waals surface area contributed by atoms with Crippen LogP contribution in [0.5, 0.6) is 0 Å². The fourth-order valence-electron chi connectivity index (χ4n) is 1.37. The molecule has 0 spiro atoms. The van der Waals surface area contributed by atoms with Gasteiger partial charge in [-0.1, -0.05) is 22.0 Å². The van der Waals surface area contributed by atoms with Gasteiger partial charge in [-0.05, 0) is 31.0 Å². The molecule has 0 bridgehead atoms. The summed E-state index contributed by atoms with van der Waals surface area (Å²) in [6, 6.07) is 9.06. The van der Waals surface area contributed by atoms with E-state index in [0.29, 0.717) is 0 Å². The molecule has 1 aliphatic carbocycles. The summed E-state index contributed by atoms with van der Waals surface area (Å²) in [4.78, 5) is 0. The van der Waals surface area contributed by atoms with Crippen LogP contribution in [0.4, 0.5) is 5.69 Å². The van der Waals surface area contributed by atoms with E-state index in [1.807, 2.05) is 12.1 Å². The summed E-state index contributed by atoms with van der Waals surface area (Å²) in [7, 11) is 0. The molecule has 3 heteroatoms. The molecule has 2 rings (SSSR count). The van der Waals surface area contributed by atoms with Gasteiger partial charge in [-0.15, -0.1) is 0 Å². The quantitative estimate of drug-likeness (QED) is 0.790. The van der Waals surface area contributed by atoms with Gasteiger partial charge in [-0.2, -0.15) is 0 Å². The van der Waals surface area contributed by atoms with Crippen LogP contribution in [0, 0.1) is 0 Å². The highest BCUT2D eigenvalue weighted by atomic mass is 79.9. The number of halogens is 1. The van der Waals surface area contributed by atoms with Gasteiger partial charge < -0.3 is 10.6 Å². The molecule has 0 amide bonds. The molecule has 1 aliphatic rings. The summed E-state index contributed by atoms with van der Waals surface area (Å²) >= 11 is 3.45. The highest BCUT2D eigenvalue weighted by Gasteiger charge is 2.19. The molecular formula is C11H15BrN2. The van der Waals surface area contributed by atoms with E-state index in [1.54, 1.807) is 0 Å². The van der Waals surface area contributed by atoms with E-state index >= 15 is 0 Å². The maximum atomic E-state index is 3.47. The van der Waals surface area contributed by atoms with E-state index in [4.69, 9.17) is 0 Å². The highest BCUT2D eigenvalue weighted by Crippen LogP contribution is 2.18. The molecule has 0 heterocycles. The van der Waals surface area contributed by atoms with Gasteiger partial charge >= 0.3 is 0 Å². The van der Waals surface area contributed by atoms with E-state index in [2.05, 4.69) is 38.7 Å². The summed E-state index contributed by atoms with van der Waals surface area (Å²) in [6.07, 6.45) is 2.72. The Kier molecular flexibility index (Phi) is 3.43. The molecule has 76 valence electrons. The van der Waals surface area contributed by atoms with E-state index < -0.39 is 0 Å². The van der Waals surface area contributed by atoms with Crippen molar-refractivity contribution in [3.63, 3.8) is 0 Å². The Morgan fingerprint density at radius 1 is 1.29 bits per heavy atom. The molecule has 0 aromatic heterocycles. The topological polar surface area (TPSA) is 24.1 Å². The molecule has 0 radical (unpaired) electrons. The Hall–Kier alpha value is -0.540. The number of hydrogen-bond acceptors (Lipinski definition) is 2. The first-order chi connectivity index (χ1) is 6.84. The summed E-state index contributed by atoms with van der Waals surface area (Å²) in [5, 5.41) is 6.84. The minimum Gasteiger partial charge on any atom is -0.384 e. The number of hydrogen-bond donors (Lipinski definition) is 2. The molecular weight excluding hydrogens is 240 g/mol. The van der Waals surface area contributed by atoms with Crippen LogP contribution in [0.25, 0.3) is 0 Å². The Labute approximate surface area is 93.2 Å². The minimum absolute atomic E-state index is 0.805. The number of benzene rings is 1. The lowest BCUT2D eigenvalue weighted by atomic mass is 10.3. The smallest absolute Gasteiger partial charge is 0.0351 e. The molecule has 1 fully saturated rings. The fourth-order valence-corrected chi connectivity index (χ4v) is 1.77.